The molecule has 1 aromatic heterocycles. The molecule has 68 valence electrons. The van der Waals surface area contributed by atoms with Crippen LogP contribution in [0.4, 0.5) is 5.69 Å². The van der Waals surface area contributed by atoms with Crippen molar-refractivity contribution in [2.24, 2.45) is 0 Å². The smallest absolute Gasteiger partial charge is 0.294 e. The van der Waals surface area contributed by atoms with Crippen molar-refractivity contribution in [2.75, 3.05) is 0 Å². The Labute approximate surface area is 82.1 Å². The first-order valence-electron chi connectivity index (χ1n) is 3.33. The molecule has 0 unspecified atom stereocenters. The van der Waals surface area contributed by atoms with E-state index in [1.807, 2.05) is 0 Å². The van der Waals surface area contributed by atoms with Crippen LogP contribution in [0.3, 0.4) is 0 Å². The van der Waals surface area contributed by atoms with Crippen LogP contribution < -0.4 is 0 Å². The molecular formula is C7H5BrN2O3. The Balaban J connectivity index is 3.35. The van der Waals surface area contributed by atoms with Crippen molar-refractivity contribution < 1.29 is 9.72 Å². The van der Waals surface area contributed by atoms with Crippen LogP contribution in [0.1, 0.15) is 17.3 Å². The minimum Gasteiger partial charge on any atom is -0.294 e. The summed E-state index contributed by atoms with van der Waals surface area (Å²) in [6.45, 7) is 1.27. The lowest BCUT2D eigenvalue weighted by Gasteiger charge is -1.97. The topological polar surface area (TPSA) is 73.1 Å². The summed E-state index contributed by atoms with van der Waals surface area (Å²) in [4.78, 5) is 24.4. The molecule has 5 nitrogen and oxygen atoms in total. The molecule has 0 bridgehead atoms. The van der Waals surface area contributed by atoms with E-state index in [0.717, 1.165) is 6.20 Å². The van der Waals surface area contributed by atoms with E-state index < -0.39 is 4.92 Å². The van der Waals surface area contributed by atoms with Crippen LogP contribution >= 0.6 is 15.9 Å². The maximum absolute atomic E-state index is 11.0. The van der Waals surface area contributed by atoms with Gasteiger partial charge in [0.25, 0.3) is 5.69 Å². The fourth-order valence-electron chi connectivity index (χ4n) is 0.850. The van der Waals surface area contributed by atoms with Crippen LogP contribution in [-0.4, -0.2) is 15.7 Å². The Morgan fingerprint density at radius 3 is 2.77 bits per heavy atom. The van der Waals surface area contributed by atoms with Gasteiger partial charge in [-0.2, -0.15) is 0 Å². The molecule has 0 amide bonds. The fourth-order valence-corrected chi connectivity index (χ4v) is 1.18. The van der Waals surface area contributed by atoms with Gasteiger partial charge in [0, 0.05) is 0 Å². The summed E-state index contributed by atoms with van der Waals surface area (Å²) < 4.78 is 0.406. The third-order valence-corrected chi connectivity index (χ3v) is 1.86. The van der Waals surface area contributed by atoms with Crippen LogP contribution in [-0.2, 0) is 0 Å². The molecule has 0 aromatic carbocycles. The molecule has 0 atom stereocenters. The number of nitro groups is 1. The molecule has 6 heteroatoms. The van der Waals surface area contributed by atoms with Crippen molar-refractivity contribution in [1.29, 1.82) is 0 Å². The van der Waals surface area contributed by atoms with Crippen molar-refractivity contribution in [3.63, 3.8) is 0 Å². The highest BCUT2D eigenvalue weighted by Gasteiger charge is 2.17. The van der Waals surface area contributed by atoms with E-state index in [9.17, 15) is 14.9 Å². The van der Waals surface area contributed by atoms with Gasteiger partial charge in [0.1, 0.15) is 10.8 Å². The summed E-state index contributed by atoms with van der Waals surface area (Å²) in [5, 5.41) is 10.4. The molecular weight excluding hydrogens is 240 g/mol. The zero-order chi connectivity index (χ0) is 10.0. The Morgan fingerprint density at radius 2 is 2.31 bits per heavy atom. The van der Waals surface area contributed by atoms with E-state index in [2.05, 4.69) is 20.9 Å². The van der Waals surface area contributed by atoms with Gasteiger partial charge < -0.3 is 0 Å². The third-order valence-electron chi connectivity index (χ3n) is 1.43. The molecule has 0 N–H and O–H groups in total. The van der Waals surface area contributed by atoms with Gasteiger partial charge in [0.2, 0.25) is 0 Å². The van der Waals surface area contributed by atoms with Crippen LogP contribution in [0.15, 0.2) is 16.9 Å². The predicted octanol–water partition coefficient (Wildman–Crippen LogP) is 1.95. The second-order valence-corrected chi connectivity index (χ2v) is 3.15. The molecule has 0 fully saturated rings. The van der Waals surface area contributed by atoms with Gasteiger partial charge in [-0.25, -0.2) is 4.98 Å². The first-order chi connectivity index (χ1) is 6.02. The number of carbonyl (C=O) groups is 1. The van der Waals surface area contributed by atoms with Crippen molar-refractivity contribution in [3.05, 3.63) is 32.5 Å². The first-order valence-corrected chi connectivity index (χ1v) is 4.12. The number of pyridine rings is 1. The monoisotopic (exact) mass is 244 g/mol. The highest BCUT2D eigenvalue weighted by molar-refractivity contribution is 9.10. The molecule has 0 spiro atoms. The highest BCUT2D eigenvalue weighted by Crippen LogP contribution is 2.20. The second kappa shape index (κ2) is 3.61. The van der Waals surface area contributed by atoms with Gasteiger partial charge in [0.05, 0.1) is 10.5 Å². The van der Waals surface area contributed by atoms with E-state index in [1.54, 1.807) is 0 Å². The molecule has 0 aliphatic carbocycles. The summed E-state index contributed by atoms with van der Waals surface area (Å²) in [6, 6.07) is 1.33. The van der Waals surface area contributed by atoms with E-state index in [-0.39, 0.29) is 17.0 Å². The van der Waals surface area contributed by atoms with Gasteiger partial charge in [0.15, 0.2) is 5.78 Å². The van der Waals surface area contributed by atoms with Gasteiger partial charge in [-0.3, -0.25) is 14.9 Å². The molecule has 0 radical (unpaired) electrons. The van der Waals surface area contributed by atoms with Crippen LogP contribution in [0, 0.1) is 10.1 Å². The normalized spacial score (nSPS) is 9.69. The quantitative estimate of drug-likeness (QED) is 0.345. The number of carbonyl (C=O) groups excluding carboxylic acids is 1. The van der Waals surface area contributed by atoms with Crippen molar-refractivity contribution in [2.45, 2.75) is 6.92 Å². The highest BCUT2D eigenvalue weighted by atomic mass is 79.9. The van der Waals surface area contributed by atoms with Gasteiger partial charge in [-0.1, -0.05) is 0 Å². The summed E-state index contributed by atoms with van der Waals surface area (Å²) >= 11 is 3.03. The first kappa shape index (κ1) is 9.79. The second-order valence-electron chi connectivity index (χ2n) is 2.34. The average molecular weight is 245 g/mol. The van der Waals surface area contributed by atoms with Gasteiger partial charge in [-0.05, 0) is 28.9 Å². The van der Waals surface area contributed by atoms with Crippen LogP contribution in [0.2, 0.25) is 0 Å². The van der Waals surface area contributed by atoms with E-state index in [1.165, 1.54) is 13.0 Å². The molecule has 1 heterocycles. The number of hydrogen-bond acceptors (Lipinski definition) is 4. The van der Waals surface area contributed by atoms with E-state index in [4.69, 9.17) is 0 Å². The van der Waals surface area contributed by atoms with E-state index in [0.29, 0.717) is 4.60 Å². The molecule has 0 aliphatic heterocycles. The lowest BCUT2D eigenvalue weighted by molar-refractivity contribution is -0.385. The molecule has 0 aliphatic rings. The number of aromatic nitrogens is 1. The van der Waals surface area contributed by atoms with Crippen molar-refractivity contribution in [3.8, 4) is 0 Å². The summed E-state index contributed by atoms with van der Waals surface area (Å²) in [5.41, 5.74) is -0.206. The number of hydrogen-bond donors (Lipinski definition) is 0. The van der Waals surface area contributed by atoms with E-state index >= 15 is 0 Å². The van der Waals surface area contributed by atoms with Crippen LogP contribution in [0.5, 0.6) is 0 Å². The SMILES string of the molecule is CC(=O)c1cc(Br)ncc1[N+](=O)[O-]. The summed E-state index contributed by atoms with van der Waals surface area (Å²) in [5.74, 6) is -0.352. The predicted molar refractivity (Wildman–Crippen MR) is 48.6 cm³/mol. The molecule has 0 saturated carbocycles. The van der Waals surface area contributed by atoms with Gasteiger partial charge >= 0.3 is 0 Å². The molecule has 13 heavy (non-hydrogen) atoms. The Bertz CT molecular complexity index is 378. The third kappa shape index (κ3) is 2.09. The Morgan fingerprint density at radius 1 is 1.69 bits per heavy atom. The molecule has 0 saturated heterocycles. The Hall–Kier alpha value is -1.30. The molecule has 1 aromatic rings. The standard InChI is InChI=1S/C7H5BrN2O3/c1-4(11)5-2-7(8)9-3-6(5)10(12)13/h2-3H,1H3. The number of ketones is 1. The minimum atomic E-state index is -0.629. The lowest BCUT2D eigenvalue weighted by atomic mass is 10.2. The zero-order valence-corrected chi connectivity index (χ0v) is 8.24. The van der Waals surface area contributed by atoms with Crippen molar-refractivity contribution >= 4 is 27.4 Å². The number of rotatable bonds is 2. The minimum absolute atomic E-state index is 0.0619. The average Bonchev–Trinajstić information content (AvgIpc) is 2.03. The lowest BCUT2D eigenvalue weighted by Crippen LogP contribution is -2.00. The zero-order valence-electron chi connectivity index (χ0n) is 6.65. The summed E-state index contributed by atoms with van der Waals surface area (Å²) in [6.07, 6.45) is 1.06. The maximum Gasteiger partial charge on any atom is 0.298 e. The fraction of sp³-hybridized carbons (Fsp3) is 0.143. The largest absolute Gasteiger partial charge is 0.298 e. The summed E-state index contributed by atoms with van der Waals surface area (Å²) in [7, 11) is 0. The number of halogens is 1. The maximum atomic E-state index is 11.0. The van der Waals surface area contributed by atoms with Crippen LogP contribution in [0.25, 0.3) is 0 Å². The Kier molecular flexibility index (Phi) is 2.72. The number of Topliss-reactive ketones (excluding diaryl/α,β-unsaturated/α-hetero) is 1. The molecule has 1 rings (SSSR count). The van der Waals surface area contributed by atoms with Crippen molar-refractivity contribution in [1.82, 2.24) is 4.98 Å². The number of nitrogens with zero attached hydrogens (tertiary/aromatic N) is 2. The van der Waals surface area contributed by atoms with Gasteiger partial charge in [-0.15, -0.1) is 0 Å².